The SMILES string of the molecule is OC(c1ccccc1)C1(F)CC1(F)F. The van der Waals surface area contributed by atoms with Gasteiger partial charge in [-0.15, -0.1) is 0 Å². The summed E-state index contributed by atoms with van der Waals surface area (Å²) in [5.74, 6) is -3.39. The van der Waals surface area contributed by atoms with Crippen LogP contribution in [0.1, 0.15) is 18.1 Å². The van der Waals surface area contributed by atoms with E-state index in [0.29, 0.717) is 0 Å². The molecule has 14 heavy (non-hydrogen) atoms. The Kier molecular flexibility index (Phi) is 1.86. The normalized spacial score (nSPS) is 31.1. The zero-order valence-corrected chi connectivity index (χ0v) is 7.25. The molecule has 0 bridgehead atoms. The van der Waals surface area contributed by atoms with Gasteiger partial charge in [-0.3, -0.25) is 0 Å². The molecule has 0 saturated heterocycles. The smallest absolute Gasteiger partial charge is 0.288 e. The van der Waals surface area contributed by atoms with E-state index in [2.05, 4.69) is 0 Å². The molecule has 0 heterocycles. The van der Waals surface area contributed by atoms with Crippen molar-refractivity contribution in [3.63, 3.8) is 0 Å². The number of aliphatic hydroxyl groups excluding tert-OH is 1. The Morgan fingerprint density at radius 1 is 1.14 bits per heavy atom. The van der Waals surface area contributed by atoms with Gasteiger partial charge in [0.05, 0.1) is 6.42 Å². The zero-order valence-electron chi connectivity index (χ0n) is 7.25. The molecule has 4 heteroatoms. The Labute approximate surface area is 79.2 Å². The number of hydrogen-bond acceptors (Lipinski definition) is 1. The summed E-state index contributed by atoms with van der Waals surface area (Å²) in [5.41, 5.74) is -2.58. The summed E-state index contributed by atoms with van der Waals surface area (Å²) in [6.45, 7) is 0. The van der Waals surface area contributed by atoms with Crippen LogP contribution >= 0.6 is 0 Å². The van der Waals surface area contributed by atoms with Crippen molar-refractivity contribution in [3.8, 4) is 0 Å². The summed E-state index contributed by atoms with van der Waals surface area (Å²) in [6, 6.07) is 7.68. The van der Waals surface area contributed by atoms with Gasteiger partial charge in [0.25, 0.3) is 5.92 Å². The molecule has 1 aromatic carbocycles. The number of halogens is 3. The highest BCUT2D eigenvalue weighted by Crippen LogP contribution is 2.61. The van der Waals surface area contributed by atoms with Crippen LogP contribution < -0.4 is 0 Å². The van der Waals surface area contributed by atoms with Crippen molar-refractivity contribution in [2.45, 2.75) is 24.1 Å². The molecule has 1 saturated carbocycles. The fraction of sp³-hybridized carbons (Fsp3) is 0.400. The van der Waals surface area contributed by atoms with Crippen molar-refractivity contribution < 1.29 is 18.3 Å². The van der Waals surface area contributed by atoms with Crippen LogP contribution in [0.3, 0.4) is 0 Å². The Morgan fingerprint density at radius 2 is 1.64 bits per heavy atom. The number of rotatable bonds is 2. The van der Waals surface area contributed by atoms with Gasteiger partial charge in [0.1, 0.15) is 6.10 Å². The van der Waals surface area contributed by atoms with E-state index < -0.39 is 24.1 Å². The Balaban J connectivity index is 2.23. The van der Waals surface area contributed by atoms with Gasteiger partial charge >= 0.3 is 0 Å². The van der Waals surface area contributed by atoms with Crippen molar-refractivity contribution in [1.29, 1.82) is 0 Å². The van der Waals surface area contributed by atoms with Crippen LogP contribution in [0, 0.1) is 0 Å². The van der Waals surface area contributed by atoms with Crippen LogP contribution in [0.25, 0.3) is 0 Å². The van der Waals surface area contributed by atoms with E-state index >= 15 is 0 Å². The van der Waals surface area contributed by atoms with Crippen LogP contribution in [0.15, 0.2) is 30.3 Å². The summed E-state index contributed by atoms with van der Waals surface area (Å²) in [6.07, 6.45) is -2.63. The molecular formula is C10H9F3O. The minimum Gasteiger partial charge on any atom is -0.385 e. The van der Waals surface area contributed by atoms with Gasteiger partial charge in [0, 0.05) is 0 Å². The number of hydrogen-bond donors (Lipinski definition) is 1. The maximum Gasteiger partial charge on any atom is 0.288 e. The van der Waals surface area contributed by atoms with Crippen LogP contribution in [0.2, 0.25) is 0 Å². The third-order valence-electron chi connectivity index (χ3n) is 2.51. The second-order valence-electron chi connectivity index (χ2n) is 3.56. The van der Waals surface area contributed by atoms with Crippen molar-refractivity contribution in [2.24, 2.45) is 0 Å². The summed E-state index contributed by atoms with van der Waals surface area (Å²) >= 11 is 0. The third kappa shape index (κ3) is 1.21. The van der Waals surface area contributed by atoms with E-state index in [1.807, 2.05) is 0 Å². The largest absolute Gasteiger partial charge is 0.385 e. The monoisotopic (exact) mass is 202 g/mol. The average molecular weight is 202 g/mol. The van der Waals surface area contributed by atoms with Crippen LogP contribution in [-0.2, 0) is 0 Å². The van der Waals surface area contributed by atoms with E-state index in [1.54, 1.807) is 18.2 Å². The van der Waals surface area contributed by atoms with Gasteiger partial charge in [-0.05, 0) is 5.56 Å². The molecule has 76 valence electrons. The quantitative estimate of drug-likeness (QED) is 0.781. The van der Waals surface area contributed by atoms with Crippen molar-refractivity contribution in [2.75, 3.05) is 0 Å². The first-order valence-corrected chi connectivity index (χ1v) is 4.27. The van der Waals surface area contributed by atoms with Gasteiger partial charge in [0.15, 0.2) is 0 Å². The van der Waals surface area contributed by atoms with Gasteiger partial charge in [-0.2, -0.15) is 0 Å². The second-order valence-corrected chi connectivity index (χ2v) is 3.56. The highest BCUT2D eigenvalue weighted by atomic mass is 19.3. The Bertz CT molecular complexity index is 338. The van der Waals surface area contributed by atoms with E-state index in [1.165, 1.54) is 12.1 Å². The van der Waals surface area contributed by atoms with Gasteiger partial charge in [-0.25, -0.2) is 13.2 Å². The number of aliphatic hydroxyl groups is 1. The average Bonchev–Trinajstić information content (AvgIpc) is 2.68. The first-order valence-electron chi connectivity index (χ1n) is 4.27. The number of alkyl halides is 3. The van der Waals surface area contributed by atoms with Crippen molar-refractivity contribution >= 4 is 0 Å². The van der Waals surface area contributed by atoms with E-state index in [-0.39, 0.29) is 5.56 Å². The lowest BCUT2D eigenvalue weighted by molar-refractivity contribution is -0.0301. The summed E-state index contributed by atoms with van der Waals surface area (Å²) in [4.78, 5) is 0. The molecule has 1 aromatic rings. The predicted molar refractivity (Wildman–Crippen MR) is 44.8 cm³/mol. The fourth-order valence-electron chi connectivity index (χ4n) is 1.48. The molecule has 0 spiro atoms. The van der Waals surface area contributed by atoms with Crippen LogP contribution in [0.5, 0.6) is 0 Å². The van der Waals surface area contributed by atoms with Gasteiger partial charge in [0.2, 0.25) is 5.67 Å². The first-order chi connectivity index (χ1) is 6.47. The molecule has 1 aliphatic carbocycles. The summed E-state index contributed by atoms with van der Waals surface area (Å²) < 4.78 is 38.5. The standard InChI is InChI=1S/C10H9F3O/c11-9(6-10(9,12)13)8(14)7-4-2-1-3-5-7/h1-5,8,14H,6H2. The zero-order chi connectivity index (χ0) is 10.4. The van der Waals surface area contributed by atoms with E-state index in [9.17, 15) is 18.3 Å². The molecule has 1 aliphatic rings. The predicted octanol–water partition coefficient (Wildman–Crippen LogP) is 2.47. The van der Waals surface area contributed by atoms with Crippen LogP contribution in [-0.4, -0.2) is 16.7 Å². The minimum absolute atomic E-state index is 0.187. The van der Waals surface area contributed by atoms with Gasteiger partial charge < -0.3 is 5.11 Å². The van der Waals surface area contributed by atoms with Gasteiger partial charge in [-0.1, -0.05) is 30.3 Å². The maximum absolute atomic E-state index is 13.4. The number of benzene rings is 1. The molecule has 0 amide bonds. The molecule has 1 nitrogen and oxygen atoms in total. The second kappa shape index (κ2) is 2.73. The third-order valence-corrected chi connectivity index (χ3v) is 2.51. The molecule has 0 aliphatic heterocycles. The first kappa shape index (κ1) is 9.52. The van der Waals surface area contributed by atoms with E-state index in [0.717, 1.165) is 0 Å². The highest BCUT2D eigenvalue weighted by Gasteiger charge is 2.76. The van der Waals surface area contributed by atoms with Crippen LogP contribution in [0.4, 0.5) is 13.2 Å². The van der Waals surface area contributed by atoms with Crippen molar-refractivity contribution in [1.82, 2.24) is 0 Å². The molecule has 2 rings (SSSR count). The molecule has 1 N–H and O–H groups in total. The molecule has 2 unspecified atom stereocenters. The topological polar surface area (TPSA) is 20.2 Å². The molecule has 2 atom stereocenters. The Morgan fingerprint density at radius 3 is 2.07 bits per heavy atom. The minimum atomic E-state index is -3.39. The summed E-state index contributed by atoms with van der Waals surface area (Å²) in [7, 11) is 0. The Hall–Kier alpha value is -1.03. The summed E-state index contributed by atoms with van der Waals surface area (Å²) in [5, 5.41) is 9.40. The molecule has 1 fully saturated rings. The highest BCUT2D eigenvalue weighted by molar-refractivity contribution is 5.28. The maximum atomic E-state index is 13.4. The molecular weight excluding hydrogens is 193 g/mol. The molecule has 0 aromatic heterocycles. The lowest BCUT2D eigenvalue weighted by atomic mass is 10.0. The molecule has 0 radical (unpaired) electrons. The lowest BCUT2D eigenvalue weighted by Crippen LogP contribution is -2.22. The van der Waals surface area contributed by atoms with E-state index in [4.69, 9.17) is 0 Å². The van der Waals surface area contributed by atoms with Crippen molar-refractivity contribution in [3.05, 3.63) is 35.9 Å². The fourth-order valence-corrected chi connectivity index (χ4v) is 1.48. The lowest BCUT2D eigenvalue weighted by Gasteiger charge is -2.15.